The Morgan fingerprint density at radius 2 is 2.24 bits per heavy atom. The highest BCUT2D eigenvalue weighted by molar-refractivity contribution is 8.00. The molecule has 1 N–H and O–H groups in total. The fraction of sp³-hybridized carbons (Fsp3) is 0.400. The standard InChI is InChI=1S/C15H18N4OS/c20-14(11-21-13-3-5-16-6-4-13)19-9-1-2-12(10-19)15-17-7-8-18-15/h3-8,12H,1-2,9-11H2,(H,17,18)/t12-/m1/s1. The highest BCUT2D eigenvalue weighted by atomic mass is 32.2. The number of rotatable bonds is 4. The number of aromatic nitrogens is 3. The van der Waals surface area contributed by atoms with Crippen molar-refractivity contribution in [3.05, 3.63) is 42.7 Å². The van der Waals surface area contributed by atoms with Gasteiger partial charge in [-0.2, -0.15) is 0 Å². The fourth-order valence-electron chi connectivity index (χ4n) is 2.60. The predicted molar refractivity (Wildman–Crippen MR) is 82.1 cm³/mol. The van der Waals surface area contributed by atoms with E-state index in [0.717, 1.165) is 36.7 Å². The van der Waals surface area contributed by atoms with E-state index in [0.29, 0.717) is 11.7 Å². The quantitative estimate of drug-likeness (QED) is 0.880. The Morgan fingerprint density at radius 1 is 1.38 bits per heavy atom. The highest BCUT2D eigenvalue weighted by Crippen LogP contribution is 2.25. The third-order valence-corrected chi connectivity index (χ3v) is 4.69. The number of pyridine rings is 1. The van der Waals surface area contributed by atoms with Gasteiger partial charge in [0.25, 0.3) is 0 Å². The van der Waals surface area contributed by atoms with Crippen LogP contribution >= 0.6 is 11.8 Å². The predicted octanol–water partition coefficient (Wildman–Crippen LogP) is 2.30. The number of hydrogen-bond donors (Lipinski definition) is 1. The van der Waals surface area contributed by atoms with E-state index in [2.05, 4.69) is 15.0 Å². The second-order valence-corrected chi connectivity index (χ2v) is 6.17. The van der Waals surface area contributed by atoms with E-state index in [1.807, 2.05) is 23.2 Å². The average Bonchev–Trinajstić information content (AvgIpc) is 3.08. The molecule has 1 saturated heterocycles. The molecule has 110 valence electrons. The molecule has 1 atom stereocenters. The number of imidazole rings is 1. The third kappa shape index (κ3) is 3.64. The van der Waals surface area contributed by atoms with E-state index in [1.54, 1.807) is 30.4 Å². The number of carbonyl (C=O) groups is 1. The lowest BCUT2D eigenvalue weighted by atomic mass is 9.97. The van der Waals surface area contributed by atoms with E-state index in [4.69, 9.17) is 0 Å². The minimum Gasteiger partial charge on any atom is -0.348 e. The SMILES string of the molecule is O=C(CSc1ccncc1)N1CCC[C@@H](c2ncc[nH]2)C1. The van der Waals surface area contributed by atoms with Crippen LogP contribution in [0.25, 0.3) is 0 Å². The Balaban J connectivity index is 1.55. The van der Waals surface area contributed by atoms with Crippen LogP contribution in [0.15, 0.2) is 41.8 Å². The van der Waals surface area contributed by atoms with Gasteiger partial charge in [0.2, 0.25) is 5.91 Å². The number of nitrogens with zero attached hydrogens (tertiary/aromatic N) is 3. The molecule has 5 nitrogen and oxygen atoms in total. The lowest BCUT2D eigenvalue weighted by Gasteiger charge is -2.31. The van der Waals surface area contributed by atoms with Crippen LogP contribution in [0.5, 0.6) is 0 Å². The Hall–Kier alpha value is -1.82. The summed E-state index contributed by atoms with van der Waals surface area (Å²) >= 11 is 1.57. The summed E-state index contributed by atoms with van der Waals surface area (Å²) in [6.07, 6.45) is 9.25. The maximum absolute atomic E-state index is 12.3. The average molecular weight is 302 g/mol. The Kier molecular flexibility index (Phi) is 4.55. The van der Waals surface area contributed by atoms with Crippen molar-refractivity contribution in [2.45, 2.75) is 23.7 Å². The van der Waals surface area contributed by atoms with E-state index in [9.17, 15) is 4.79 Å². The molecule has 1 aliphatic rings. The number of carbonyl (C=O) groups excluding carboxylic acids is 1. The van der Waals surface area contributed by atoms with Gasteiger partial charge in [-0.3, -0.25) is 9.78 Å². The number of piperidine rings is 1. The second-order valence-electron chi connectivity index (χ2n) is 5.12. The van der Waals surface area contributed by atoms with Gasteiger partial charge in [-0.15, -0.1) is 11.8 Å². The summed E-state index contributed by atoms with van der Waals surface area (Å²) in [5.41, 5.74) is 0. The number of hydrogen-bond acceptors (Lipinski definition) is 4. The van der Waals surface area contributed by atoms with Crippen LogP contribution < -0.4 is 0 Å². The van der Waals surface area contributed by atoms with Gasteiger partial charge in [0.15, 0.2) is 0 Å². The molecule has 0 unspecified atom stereocenters. The first-order chi connectivity index (χ1) is 10.3. The van der Waals surface area contributed by atoms with Crippen LogP contribution in [0.4, 0.5) is 0 Å². The lowest BCUT2D eigenvalue weighted by molar-refractivity contribution is -0.129. The lowest BCUT2D eigenvalue weighted by Crippen LogP contribution is -2.40. The zero-order chi connectivity index (χ0) is 14.5. The molecule has 21 heavy (non-hydrogen) atoms. The van der Waals surface area contributed by atoms with E-state index < -0.39 is 0 Å². The molecule has 0 aromatic carbocycles. The van der Waals surface area contributed by atoms with Gasteiger partial charge < -0.3 is 9.88 Å². The van der Waals surface area contributed by atoms with Crippen molar-refractivity contribution in [1.82, 2.24) is 19.9 Å². The van der Waals surface area contributed by atoms with Crippen molar-refractivity contribution in [1.29, 1.82) is 0 Å². The third-order valence-electron chi connectivity index (χ3n) is 3.69. The van der Waals surface area contributed by atoms with Gasteiger partial charge in [0.05, 0.1) is 5.75 Å². The summed E-state index contributed by atoms with van der Waals surface area (Å²) < 4.78 is 0. The molecule has 2 aromatic rings. The van der Waals surface area contributed by atoms with Gasteiger partial charge in [0.1, 0.15) is 5.82 Å². The highest BCUT2D eigenvalue weighted by Gasteiger charge is 2.25. The molecular formula is C15H18N4OS. The molecule has 1 fully saturated rings. The summed E-state index contributed by atoms with van der Waals surface area (Å²) in [4.78, 5) is 26.9. The molecule has 0 radical (unpaired) electrons. The van der Waals surface area contributed by atoms with Crippen LogP contribution in [0.2, 0.25) is 0 Å². The monoisotopic (exact) mass is 302 g/mol. The van der Waals surface area contributed by atoms with Gasteiger partial charge >= 0.3 is 0 Å². The first kappa shape index (κ1) is 14.1. The number of aromatic amines is 1. The van der Waals surface area contributed by atoms with Gasteiger partial charge in [0, 0.05) is 48.7 Å². The molecule has 0 spiro atoms. The normalized spacial score (nSPS) is 18.7. The molecule has 0 saturated carbocycles. The maximum Gasteiger partial charge on any atom is 0.232 e. The summed E-state index contributed by atoms with van der Waals surface area (Å²) in [5.74, 6) is 2.01. The summed E-state index contributed by atoms with van der Waals surface area (Å²) in [6.45, 7) is 1.62. The number of amides is 1. The summed E-state index contributed by atoms with van der Waals surface area (Å²) in [7, 11) is 0. The van der Waals surface area contributed by atoms with Gasteiger partial charge in [-0.25, -0.2) is 4.98 Å². The van der Waals surface area contributed by atoms with Crippen LogP contribution in [-0.2, 0) is 4.79 Å². The van der Waals surface area contributed by atoms with Gasteiger partial charge in [-0.1, -0.05) is 0 Å². The number of nitrogens with one attached hydrogen (secondary N) is 1. The first-order valence-corrected chi connectivity index (χ1v) is 8.11. The second kappa shape index (κ2) is 6.76. The molecule has 6 heteroatoms. The minimum absolute atomic E-state index is 0.202. The summed E-state index contributed by atoms with van der Waals surface area (Å²) in [6, 6.07) is 3.86. The zero-order valence-electron chi connectivity index (χ0n) is 11.7. The van der Waals surface area contributed by atoms with Crippen molar-refractivity contribution in [3.63, 3.8) is 0 Å². The van der Waals surface area contributed by atoms with Crippen LogP contribution in [0, 0.1) is 0 Å². The molecule has 1 amide bonds. The molecule has 2 aromatic heterocycles. The fourth-order valence-corrected chi connectivity index (χ4v) is 3.39. The first-order valence-electron chi connectivity index (χ1n) is 7.13. The topological polar surface area (TPSA) is 61.9 Å². The van der Waals surface area contributed by atoms with Crippen molar-refractivity contribution in [2.24, 2.45) is 0 Å². The molecule has 1 aliphatic heterocycles. The maximum atomic E-state index is 12.3. The summed E-state index contributed by atoms with van der Waals surface area (Å²) in [5, 5.41) is 0. The van der Waals surface area contributed by atoms with Crippen molar-refractivity contribution < 1.29 is 4.79 Å². The number of H-pyrrole nitrogens is 1. The Morgan fingerprint density at radius 3 is 3.00 bits per heavy atom. The molecule has 0 bridgehead atoms. The molecule has 3 heterocycles. The molecule has 3 rings (SSSR count). The Bertz CT molecular complexity index is 573. The number of likely N-dealkylation sites (tertiary alicyclic amines) is 1. The smallest absolute Gasteiger partial charge is 0.232 e. The van der Waals surface area contributed by atoms with Crippen molar-refractivity contribution in [3.8, 4) is 0 Å². The Labute approximate surface area is 128 Å². The van der Waals surface area contributed by atoms with E-state index in [-0.39, 0.29) is 5.91 Å². The van der Waals surface area contributed by atoms with Gasteiger partial charge in [-0.05, 0) is 25.0 Å². The van der Waals surface area contributed by atoms with E-state index >= 15 is 0 Å². The molecular weight excluding hydrogens is 284 g/mol. The van der Waals surface area contributed by atoms with Crippen LogP contribution in [0.1, 0.15) is 24.6 Å². The number of thioether (sulfide) groups is 1. The zero-order valence-corrected chi connectivity index (χ0v) is 12.6. The van der Waals surface area contributed by atoms with Crippen molar-refractivity contribution in [2.75, 3.05) is 18.8 Å². The van der Waals surface area contributed by atoms with Crippen LogP contribution in [-0.4, -0.2) is 44.6 Å². The van der Waals surface area contributed by atoms with Crippen molar-refractivity contribution >= 4 is 17.7 Å². The molecule has 0 aliphatic carbocycles. The van der Waals surface area contributed by atoms with Crippen LogP contribution in [0.3, 0.4) is 0 Å². The van der Waals surface area contributed by atoms with E-state index in [1.165, 1.54) is 0 Å². The minimum atomic E-state index is 0.202. The largest absolute Gasteiger partial charge is 0.348 e.